The number of carbonyl (C=O) groups excluding carboxylic acids is 1. The first-order chi connectivity index (χ1) is 14.5. The number of benzene rings is 1. The van der Waals surface area contributed by atoms with Crippen molar-refractivity contribution in [3.05, 3.63) is 62.5 Å². The monoisotopic (exact) mass is 423 g/mol. The van der Waals surface area contributed by atoms with Gasteiger partial charge < -0.3 is 14.6 Å². The minimum atomic E-state index is -0.116. The summed E-state index contributed by atoms with van der Waals surface area (Å²) in [6.45, 7) is 5.24. The Bertz CT molecular complexity index is 1170. The Morgan fingerprint density at radius 3 is 2.70 bits per heavy atom. The molecular weight excluding hydrogens is 398 g/mol. The zero-order valence-corrected chi connectivity index (χ0v) is 18.3. The number of methoxy groups -OCH3 is 1. The Labute approximate surface area is 179 Å². The van der Waals surface area contributed by atoms with Gasteiger partial charge in [0, 0.05) is 30.8 Å². The molecule has 6 nitrogen and oxygen atoms in total. The molecule has 7 heteroatoms. The molecule has 0 unspecified atom stereocenters. The van der Waals surface area contributed by atoms with Crippen molar-refractivity contribution >= 4 is 33.0 Å². The van der Waals surface area contributed by atoms with E-state index in [1.807, 2.05) is 43.0 Å². The molecule has 1 aromatic carbocycles. The Morgan fingerprint density at radius 1 is 1.27 bits per heavy atom. The molecule has 1 amide bonds. The van der Waals surface area contributed by atoms with Crippen LogP contribution in [-0.4, -0.2) is 41.0 Å². The number of nitrogens with one attached hydrogen (secondary N) is 1. The van der Waals surface area contributed by atoms with Crippen molar-refractivity contribution in [1.29, 1.82) is 0 Å². The lowest BCUT2D eigenvalue weighted by molar-refractivity contribution is -0.130. The third-order valence-corrected chi connectivity index (χ3v) is 6.79. The van der Waals surface area contributed by atoms with E-state index >= 15 is 0 Å². The van der Waals surface area contributed by atoms with E-state index in [1.54, 1.807) is 7.11 Å². The highest BCUT2D eigenvalue weighted by Crippen LogP contribution is 2.26. The molecule has 0 saturated heterocycles. The Hall–Kier alpha value is -2.93. The van der Waals surface area contributed by atoms with Crippen molar-refractivity contribution in [2.75, 3.05) is 20.2 Å². The van der Waals surface area contributed by atoms with Crippen molar-refractivity contribution in [1.82, 2.24) is 14.9 Å². The standard InChI is InChI=1S/C23H25N3O3S/c1-14-15(2)30-23-21(14)22(28)24-19(25-23)8-9-20(27)26-12-10-17(11-13-26)16-4-6-18(29-3)7-5-16/h4-7,10H,8-9,11-13H2,1-3H3,(H,24,25,28). The van der Waals surface area contributed by atoms with Crippen LogP contribution >= 0.6 is 11.3 Å². The van der Waals surface area contributed by atoms with Crippen molar-refractivity contribution < 1.29 is 9.53 Å². The first-order valence-corrected chi connectivity index (χ1v) is 10.9. The number of fused-ring (bicyclic) bond motifs is 1. The summed E-state index contributed by atoms with van der Waals surface area (Å²) in [7, 11) is 1.66. The van der Waals surface area contributed by atoms with Crippen LogP contribution in [0.4, 0.5) is 0 Å². The van der Waals surface area contributed by atoms with Gasteiger partial charge in [0.25, 0.3) is 5.56 Å². The third kappa shape index (κ3) is 4.03. The maximum absolute atomic E-state index is 12.7. The summed E-state index contributed by atoms with van der Waals surface area (Å²) in [5.41, 5.74) is 3.29. The van der Waals surface area contributed by atoms with Gasteiger partial charge in [0.05, 0.1) is 12.5 Å². The third-order valence-electron chi connectivity index (χ3n) is 5.69. The number of aromatic nitrogens is 2. The molecule has 3 heterocycles. The van der Waals surface area contributed by atoms with Gasteiger partial charge in [-0.25, -0.2) is 4.98 Å². The van der Waals surface area contributed by atoms with Gasteiger partial charge in [-0.3, -0.25) is 9.59 Å². The lowest BCUT2D eigenvalue weighted by Crippen LogP contribution is -2.35. The topological polar surface area (TPSA) is 75.3 Å². The molecule has 4 rings (SSSR count). The van der Waals surface area contributed by atoms with Gasteiger partial charge in [-0.15, -0.1) is 11.3 Å². The lowest BCUT2D eigenvalue weighted by atomic mass is 9.99. The zero-order chi connectivity index (χ0) is 21.3. The highest BCUT2D eigenvalue weighted by molar-refractivity contribution is 7.18. The van der Waals surface area contributed by atoms with Gasteiger partial charge in [-0.2, -0.15) is 0 Å². The van der Waals surface area contributed by atoms with E-state index in [0.29, 0.717) is 37.1 Å². The lowest BCUT2D eigenvalue weighted by Gasteiger charge is -2.26. The van der Waals surface area contributed by atoms with Crippen molar-refractivity contribution in [2.45, 2.75) is 33.1 Å². The van der Waals surface area contributed by atoms with E-state index in [9.17, 15) is 9.59 Å². The smallest absolute Gasteiger partial charge is 0.259 e. The van der Waals surface area contributed by atoms with Crippen LogP contribution in [0.2, 0.25) is 0 Å². The number of amides is 1. The van der Waals surface area contributed by atoms with E-state index in [1.165, 1.54) is 22.5 Å². The fraction of sp³-hybridized carbons (Fsp3) is 0.348. The predicted octanol–water partition coefficient (Wildman–Crippen LogP) is 3.86. The molecule has 0 saturated carbocycles. The molecule has 0 spiro atoms. The SMILES string of the molecule is COc1ccc(C2=CCN(C(=O)CCc3nc4sc(C)c(C)c4c(=O)[nH]3)CC2)cc1. The second-order valence-corrected chi connectivity index (χ2v) is 8.73. The first-order valence-electron chi connectivity index (χ1n) is 10.1. The number of carbonyl (C=O) groups is 1. The number of nitrogens with zero attached hydrogens (tertiary/aromatic N) is 2. The molecular formula is C23H25N3O3S. The molecule has 0 fully saturated rings. The summed E-state index contributed by atoms with van der Waals surface area (Å²) in [5.74, 6) is 1.50. The summed E-state index contributed by atoms with van der Waals surface area (Å²) in [6, 6.07) is 8.01. The quantitative estimate of drug-likeness (QED) is 0.676. The van der Waals surface area contributed by atoms with Crippen LogP contribution in [0.15, 0.2) is 35.1 Å². The average molecular weight is 424 g/mol. The maximum atomic E-state index is 12.7. The summed E-state index contributed by atoms with van der Waals surface area (Å²) >= 11 is 1.53. The van der Waals surface area contributed by atoms with E-state index < -0.39 is 0 Å². The van der Waals surface area contributed by atoms with Crippen LogP contribution in [0.5, 0.6) is 5.75 Å². The average Bonchev–Trinajstić information content (AvgIpc) is 3.06. The fourth-order valence-corrected chi connectivity index (χ4v) is 4.81. The summed E-state index contributed by atoms with van der Waals surface area (Å²) in [6.07, 6.45) is 3.72. The number of ether oxygens (including phenoxy) is 1. The zero-order valence-electron chi connectivity index (χ0n) is 17.4. The normalized spacial score (nSPS) is 14.1. The van der Waals surface area contributed by atoms with Crippen LogP contribution < -0.4 is 10.3 Å². The molecule has 2 aromatic heterocycles. The highest BCUT2D eigenvalue weighted by Gasteiger charge is 2.19. The van der Waals surface area contributed by atoms with Gasteiger partial charge in [-0.1, -0.05) is 18.2 Å². The van der Waals surface area contributed by atoms with E-state index in [0.717, 1.165) is 27.4 Å². The van der Waals surface area contributed by atoms with Crippen LogP contribution in [0.1, 0.15) is 34.7 Å². The Balaban J connectivity index is 1.38. The molecule has 156 valence electrons. The predicted molar refractivity (Wildman–Crippen MR) is 120 cm³/mol. The van der Waals surface area contributed by atoms with E-state index in [-0.39, 0.29) is 11.5 Å². The summed E-state index contributed by atoms with van der Waals surface area (Å²) < 4.78 is 5.21. The van der Waals surface area contributed by atoms with Crippen LogP contribution in [-0.2, 0) is 11.2 Å². The largest absolute Gasteiger partial charge is 0.497 e. The Kier molecular flexibility index (Phi) is 5.72. The minimum absolute atomic E-state index is 0.0846. The van der Waals surface area contributed by atoms with Crippen molar-refractivity contribution in [3.63, 3.8) is 0 Å². The molecule has 0 aliphatic carbocycles. The van der Waals surface area contributed by atoms with Crippen LogP contribution in [0.25, 0.3) is 15.8 Å². The number of hydrogen-bond acceptors (Lipinski definition) is 5. The molecule has 3 aromatic rings. The molecule has 0 bridgehead atoms. The van der Waals surface area contributed by atoms with Crippen LogP contribution in [0.3, 0.4) is 0 Å². The summed E-state index contributed by atoms with van der Waals surface area (Å²) in [5, 5.41) is 0.666. The van der Waals surface area contributed by atoms with Gasteiger partial charge >= 0.3 is 0 Å². The van der Waals surface area contributed by atoms with Crippen molar-refractivity contribution in [2.24, 2.45) is 0 Å². The number of hydrogen-bond donors (Lipinski definition) is 1. The molecule has 1 aliphatic rings. The van der Waals surface area contributed by atoms with Crippen LogP contribution in [0, 0.1) is 13.8 Å². The van der Waals surface area contributed by atoms with Crippen molar-refractivity contribution in [3.8, 4) is 5.75 Å². The number of H-pyrrole nitrogens is 1. The van der Waals surface area contributed by atoms with E-state index in [4.69, 9.17) is 4.74 Å². The molecule has 0 radical (unpaired) electrons. The second-order valence-electron chi connectivity index (χ2n) is 7.52. The van der Waals surface area contributed by atoms with Gasteiger partial charge in [0.15, 0.2) is 0 Å². The number of aryl methyl sites for hydroxylation is 3. The number of thiophene rings is 1. The van der Waals surface area contributed by atoms with Gasteiger partial charge in [0.1, 0.15) is 16.4 Å². The first kappa shape index (κ1) is 20.3. The molecule has 30 heavy (non-hydrogen) atoms. The maximum Gasteiger partial charge on any atom is 0.259 e. The molecule has 1 aliphatic heterocycles. The molecule has 1 N–H and O–H groups in total. The van der Waals surface area contributed by atoms with Gasteiger partial charge in [-0.05, 0) is 49.1 Å². The molecule has 0 atom stereocenters. The van der Waals surface area contributed by atoms with Gasteiger partial charge in [0.2, 0.25) is 5.91 Å². The van der Waals surface area contributed by atoms with E-state index in [2.05, 4.69) is 16.0 Å². The number of aromatic amines is 1. The minimum Gasteiger partial charge on any atom is -0.497 e. The number of rotatable bonds is 5. The fourth-order valence-electron chi connectivity index (χ4n) is 3.76. The second kappa shape index (κ2) is 8.44. The Morgan fingerprint density at radius 2 is 2.03 bits per heavy atom. The highest BCUT2D eigenvalue weighted by atomic mass is 32.1. The summed E-state index contributed by atoms with van der Waals surface area (Å²) in [4.78, 5) is 36.2.